The van der Waals surface area contributed by atoms with Crippen molar-refractivity contribution in [2.75, 3.05) is 49.5 Å². The lowest BCUT2D eigenvalue weighted by molar-refractivity contribution is -0.0224. The molecule has 1 aromatic carbocycles. The van der Waals surface area contributed by atoms with E-state index in [0.29, 0.717) is 33.9 Å². The fourth-order valence-corrected chi connectivity index (χ4v) is 7.28. The van der Waals surface area contributed by atoms with Crippen LogP contribution in [0.1, 0.15) is 45.2 Å². The molecule has 3 N–H and O–H groups in total. The summed E-state index contributed by atoms with van der Waals surface area (Å²) in [7, 11) is 0. The molecule has 46 heavy (non-hydrogen) atoms. The summed E-state index contributed by atoms with van der Waals surface area (Å²) in [6, 6.07) is 14.5. The second kappa shape index (κ2) is 12.8. The van der Waals surface area contributed by atoms with Crippen LogP contribution in [0.15, 0.2) is 66.1 Å². The summed E-state index contributed by atoms with van der Waals surface area (Å²) in [5.74, 6) is 0.847. The molecule has 0 atom stereocenters. The zero-order valence-corrected chi connectivity index (χ0v) is 27.5. The lowest BCUT2D eigenvalue weighted by Crippen LogP contribution is -2.58. The number of hydrogen-bond donors (Lipinski definition) is 3. The van der Waals surface area contributed by atoms with Gasteiger partial charge in [0.1, 0.15) is 11.0 Å². The molecule has 3 aromatic heterocycles. The normalized spacial score (nSPS) is 18.7. The van der Waals surface area contributed by atoms with Gasteiger partial charge < -0.3 is 20.6 Å². The van der Waals surface area contributed by atoms with Crippen LogP contribution in [0.4, 0.5) is 17.3 Å². The van der Waals surface area contributed by atoms with E-state index in [0.717, 1.165) is 37.9 Å². The molecule has 2 aliphatic heterocycles. The quantitative estimate of drug-likeness (QED) is 0.242. The number of halogens is 1. The van der Waals surface area contributed by atoms with Crippen LogP contribution in [-0.2, 0) is 12.1 Å². The van der Waals surface area contributed by atoms with Crippen LogP contribution in [0.5, 0.6) is 0 Å². The van der Waals surface area contributed by atoms with Gasteiger partial charge in [0, 0.05) is 49.8 Å². The Balaban J connectivity index is 0.00000372. The Morgan fingerprint density at radius 3 is 2.46 bits per heavy atom. The maximum absolute atomic E-state index is 13.3. The SMILES string of the molecule is C=CCn1c(=O)c2cnc(Nc3ccc(N4CCN(C5CC6(CCNCC6)C5)CC4)cc3)nc2n1-c1cccc(C(C)(C)O)n1.Cl. The minimum Gasteiger partial charge on any atom is -0.384 e. The maximum atomic E-state index is 13.3. The first kappa shape index (κ1) is 32.2. The Labute approximate surface area is 275 Å². The van der Waals surface area contributed by atoms with Gasteiger partial charge in [-0.15, -0.1) is 19.0 Å². The molecule has 244 valence electrons. The van der Waals surface area contributed by atoms with E-state index in [-0.39, 0.29) is 24.5 Å². The maximum Gasteiger partial charge on any atom is 0.278 e. The fraction of sp³-hybridized carbons (Fsp3) is 0.471. The Kier molecular flexibility index (Phi) is 8.95. The van der Waals surface area contributed by atoms with Crippen LogP contribution in [-0.4, -0.2) is 79.6 Å². The average Bonchev–Trinajstić information content (AvgIpc) is 3.31. The van der Waals surface area contributed by atoms with Crippen molar-refractivity contribution in [3.63, 3.8) is 0 Å². The van der Waals surface area contributed by atoms with E-state index in [9.17, 15) is 9.90 Å². The number of anilines is 3. The molecular weight excluding hydrogens is 602 g/mol. The van der Waals surface area contributed by atoms with Gasteiger partial charge in [-0.1, -0.05) is 12.1 Å². The van der Waals surface area contributed by atoms with E-state index in [4.69, 9.17) is 4.98 Å². The molecule has 1 saturated carbocycles. The summed E-state index contributed by atoms with van der Waals surface area (Å²) in [5.41, 5.74) is 2.23. The minimum absolute atomic E-state index is 0. The summed E-state index contributed by atoms with van der Waals surface area (Å²) in [6.45, 7) is 14.1. The predicted molar refractivity (Wildman–Crippen MR) is 185 cm³/mol. The second-order valence-corrected chi connectivity index (χ2v) is 13.4. The molecule has 1 spiro atoms. The van der Waals surface area contributed by atoms with E-state index >= 15 is 0 Å². The Hall–Kier alpha value is -3.77. The van der Waals surface area contributed by atoms with Gasteiger partial charge in [0.2, 0.25) is 5.95 Å². The fourth-order valence-electron chi connectivity index (χ4n) is 7.28. The van der Waals surface area contributed by atoms with Crippen molar-refractivity contribution >= 4 is 40.8 Å². The highest BCUT2D eigenvalue weighted by atomic mass is 35.5. The first-order valence-electron chi connectivity index (χ1n) is 16.1. The van der Waals surface area contributed by atoms with E-state index in [1.165, 1.54) is 49.1 Å². The highest BCUT2D eigenvalue weighted by Crippen LogP contribution is 2.50. The standard InChI is InChI=1S/C34H43N9O2.ClH/c1-4-16-42-31(44)27-23-36-32(39-30(27)43(42)29-7-5-6-28(38-29)33(2,3)45)37-24-8-10-25(11-9-24)40-17-19-41(20-18-40)26-21-34(22-26)12-14-35-15-13-34;/h4-11,23,26,35,45H,1,12-22H2,2-3H3,(H,36,37,39);1H. The highest BCUT2D eigenvalue weighted by molar-refractivity contribution is 5.85. The summed E-state index contributed by atoms with van der Waals surface area (Å²) >= 11 is 0. The van der Waals surface area contributed by atoms with Crippen molar-refractivity contribution in [3.05, 3.63) is 77.4 Å². The first-order chi connectivity index (χ1) is 21.7. The van der Waals surface area contributed by atoms with E-state index in [1.54, 1.807) is 42.9 Å². The van der Waals surface area contributed by atoms with Crippen LogP contribution >= 0.6 is 12.4 Å². The lowest BCUT2D eigenvalue weighted by Gasteiger charge is -2.55. The number of aromatic nitrogens is 5. The number of aliphatic hydroxyl groups is 1. The van der Waals surface area contributed by atoms with E-state index < -0.39 is 5.60 Å². The highest BCUT2D eigenvalue weighted by Gasteiger charge is 2.46. The van der Waals surface area contributed by atoms with Crippen molar-refractivity contribution in [2.24, 2.45) is 5.41 Å². The summed E-state index contributed by atoms with van der Waals surface area (Å²) in [4.78, 5) is 32.4. The zero-order chi connectivity index (χ0) is 31.2. The van der Waals surface area contributed by atoms with E-state index in [1.807, 2.05) is 18.2 Å². The molecular formula is C34H44ClN9O2. The summed E-state index contributed by atoms with van der Waals surface area (Å²) < 4.78 is 3.19. The van der Waals surface area contributed by atoms with Crippen molar-refractivity contribution in [3.8, 4) is 5.82 Å². The van der Waals surface area contributed by atoms with Crippen LogP contribution < -0.4 is 21.1 Å². The zero-order valence-electron chi connectivity index (χ0n) is 26.7. The molecule has 0 radical (unpaired) electrons. The minimum atomic E-state index is -1.14. The number of hydrogen-bond acceptors (Lipinski definition) is 9. The van der Waals surface area contributed by atoms with Gasteiger partial charge in [-0.25, -0.2) is 19.3 Å². The lowest BCUT2D eigenvalue weighted by atomic mass is 9.60. The number of nitrogens with one attached hydrogen (secondary N) is 2. The van der Waals surface area contributed by atoms with Crippen LogP contribution in [0.2, 0.25) is 0 Å². The third kappa shape index (κ3) is 6.16. The number of allylic oxidation sites excluding steroid dienone is 1. The van der Waals surface area contributed by atoms with E-state index in [2.05, 4.69) is 49.1 Å². The number of benzene rings is 1. The number of rotatable bonds is 8. The van der Waals surface area contributed by atoms with Crippen molar-refractivity contribution < 1.29 is 5.11 Å². The number of piperazine rings is 1. The Bertz CT molecular complexity index is 1740. The molecule has 1 aliphatic carbocycles. The molecule has 4 aromatic rings. The molecule has 11 nitrogen and oxygen atoms in total. The van der Waals surface area contributed by atoms with Crippen molar-refractivity contribution in [1.82, 2.24) is 34.5 Å². The molecule has 3 aliphatic rings. The Morgan fingerprint density at radius 1 is 1.07 bits per heavy atom. The van der Waals surface area contributed by atoms with Gasteiger partial charge in [0.15, 0.2) is 11.5 Å². The van der Waals surface area contributed by atoms with Gasteiger partial charge in [-0.05, 0) is 94.4 Å². The van der Waals surface area contributed by atoms with Crippen molar-refractivity contribution in [1.29, 1.82) is 0 Å². The van der Waals surface area contributed by atoms with Gasteiger partial charge in [-0.3, -0.25) is 9.69 Å². The molecule has 5 heterocycles. The summed E-state index contributed by atoms with van der Waals surface area (Å²) in [6.07, 6.45) is 8.65. The van der Waals surface area contributed by atoms with Gasteiger partial charge in [-0.2, -0.15) is 4.98 Å². The van der Waals surface area contributed by atoms with Crippen LogP contribution in [0, 0.1) is 5.41 Å². The topological polar surface area (TPSA) is 116 Å². The first-order valence-corrected chi connectivity index (χ1v) is 16.1. The summed E-state index contributed by atoms with van der Waals surface area (Å²) in [5, 5.41) is 17.8. The molecule has 0 unspecified atom stereocenters. The van der Waals surface area contributed by atoms with Crippen molar-refractivity contribution in [2.45, 2.75) is 57.7 Å². The molecule has 3 fully saturated rings. The number of nitrogens with zero attached hydrogens (tertiary/aromatic N) is 7. The average molecular weight is 646 g/mol. The molecule has 2 saturated heterocycles. The molecule has 12 heteroatoms. The predicted octanol–water partition coefficient (Wildman–Crippen LogP) is 4.21. The van der Waals surface area contributed by atoms with Crippen LogP contribution in [0.25, 0.3) is 16.9 Å². The van der Waals surface area contributed by atoms with Gasteiger partial charge in [0.05, 0.1) is 12.2 Å². The third-order valence-electron chi connectivity index (χ3n) is 9.88. The monoisotopic (exact) mass is 645 g/mol. The Morgan fingerprint density at radius 2 is 1.78 bits per heavy atom. The second-order valence-electron chi connectivity index (χ2n) is 13.4. The van der Waals surface area contributed by atoms with Gasteiger partial charge in [0.25, 0.3) is 5.56 Å². The van der Waals surface area contributed by atoms with Crippen LogP contribution in [0.3, 0.4) is 0 Å². The smallest absolute Gasteiger partial charge is 0.278 e. The molecule has 7 rings (SSSR count). The number of fused-ring (bicyclic) bond motifs is 1. The number of piperidine rings is 1. The number of pyridine rings is 1. The molecule has 0 bridgehead atoms. The largest absolute Gasteiger partial charge is 0.384 e. The third-order valence-corrected chi connectivity index (χ3v) is 9.88. The van der Waals surface area contributed by atoms with Gasteiger partial charge >= 0.3 is 0 Å². The molecule has 0 amide bonds.